The van der Waals surface area contributed by atoms with Crippen LogP contribution in [0.25, 0.3) is 0 Å². The second kappa shape index (κ2) is 5.90. The van der Waals surface area contributed by atoms with Gasteiger partial charge in [0.15, 0.2) is 0 Å². The second-order valence-corrected chi connectivity index (χ2v) is 4.08. The molecule has 0 aliphatic heterocycles. The van der Waals surface area contributed by atoms with Crippen molar-refractivity contribution in [2.75, 3.05) is 24.6 Å². The Bertz CT molecular complexity index is 550. The molecule has 0 atom stereocenters. The Hall–Kier alpha value is -2.50. The maximum absolute atomic E-state index is 11.4. The Balaban J connectivity index is 1.95. The third kappa shape index (κ3) is 3.25. The van der Waals surface area contributed by atoms with Crippen LogP contribution in [-0.2, 0) is 6.54 Å². The zero-order valence-electron chi connectivity index (χ0n) is 10.8. The molecule has 0 bridgehead atoms. The van der Waals surface area contributed by atoms with Crippen LogP contribution < -0.4 is 16.4 Å². The zero-order chi connectivity index (χ0) is 13.7. The molecule has 6 nitrogen and oxygen atoms in total. The number of nitrogens with one attached hydrogen (secondary N) is 2. The maximum Gasteiger partial charge on any atom is 0.251 e. The van der Waals surface area contributed by atoms with E-state index in [1.54, 1.807) is 25.4 Å². The van der Waals surface area contributed by atoms with E-state index >= 15 is 0 Å². The molecular formula is C13H17N5O. The quantitative estimate of drug-likeness (QED) is 0.698. The summed E-state index contributed by atoms with van der Waals surface area (Å²) in [5.74, 6) is -0.144. The summed E-state index contributed by atoms with van der Waals surface area (Å²) in [6.45, 7) is 1.47. The van der Waals surface area contributed by atoms with Crippen LogP contribution in [-0.4, -0.2) is 29.3 Å². The van der Waals surface area contributed by atoms with Crippen molar-refractivity contribution in [1.82, 2.24) is 15.1 Å². The molecule has 100 valence electrons. The number of amides is 1. The average molecular weight is 259 g/mol. The van der Waals surface area contributed by atoms with Crippen LogP contribution in [0.1, 0.15) is 10.4 Å². The average Bonchev–Trinajstić information content (AvgIpc) is 2.93. The van der Waals surface area contributed by atoms with Crippen LogP contribution in [0, 0.1) is 0 Å². The first kappa shape index (κ1) is 12.9. The van der Waals surface area contributed by atoms with Gasteiger partial charge < -0.3 is 16.4 Å². The Morgan fingerprint density at radius 3 is 2.95 bits per heavy atom. The molecule has 0 saturated carbocycles. The molecule has 0 saturated heterocycles. The topological polar surface area (TPSA) is 85.0 Å². The predicted octanol–water partition coefficient (Wildman–Crippen LogP) is 0.937. The molecule has 2 aromatic rings. The molecule has 0 unspecified atom stereocenters. The van der Waals surface area contributed by atoms with Gasteiger partial charge in [0.2, 0.25) is 0 Å². The summed E-state index contributed by atoms with van der Waals surface area (Å²) in [5, 5.41) is 9.89. The molecule has 0 fully saturated rings. The molecule has 0 aliphatic carbocycles. The van der Waals surface area contributed by atoms with Gasteiger partial charge in [-0.05, 0) is 24.3 Å². The van der Waals surface area contributed by atoms with E-state index in [0.717, 1.165) is 12.2 Å². The maximum atomic E-state index is 11.4. The smallest absolute Gasteiger partial charge is 0.251 e. The van der Waals surface area contributed by atoms with Crippen LogP contribution in [0.2, 0.25) is 0 Å². The fourth-order valence-electron chi connectivity index (χ4n) is 1.75. The molecule has 4 N–H and O–H groups in total. The SMILES string of the molecule is CNC(=O)c1ccc(NCCn2cccn2)c(N)c1. The number of hydrogen-bond acceptors (Lipinski definition) is 4. The summed E-state index contributed by atoms with van der Waals surface area (Å²) >= 11 is 0. The van der Waals surface area contributed by atoms with E-state index in [1.807, 2.05) is 23.0 Å². The molecule has 0 spiro atoms. The molecule has 1 heterocycles. The Labute approximate surface area is 111 Å². The molecule has 1 aromatic carbocycles. The minimum atomic E-state index is -0.144. The van der Waals surface area contributed by atoms with Crippen molar-refractivity contribution >= 4 is 17.3 Å². The van der Waals surface area contributed by atoms with E-state index in [4.69, 9.17) is 5.73 Å². The number of nitrogens with two attached hydrogens (primary N) is 1. The van der Waals surface area contributed by atoms with Crippen molar-refractivity contribution in [2.24, 2.45) is 0 Å². The molecule has 19 heavy (non-hydrogen) atoms. The third-order valence-corrected chi connectivity index (χ3v) is 2.76. The molecule has 0 aliphatic rings. The molecule has 2 rings (SSSR count). The largest absolute Gasteiger partial charge is 0.397 e. The Morgan fingerprint density at radius 1 is 1.47 bits per heavy atom. The summed E-state index contributed by atoms with van der Waals surface area (Å²) in [7, 11) is 1.59. The van der Waals surface area contributed by atoms with Crippen LogP contribution in [0.3, 0.4) is 0 Å². The standard InChI is InChI=1S/C13H17N5O/c1-15-13(19)10-3-4-12(11(14)9-10)16-6-8-18-7-2-5-17-18/h2-5,7,9,16H,6,8,14H2,1H3,(H,15,19). The Kier molecular flexibility index (Phi) is 4.02. The van der Waals surface area contributed by atoms with Crippen LogP contribution >= 0.6 is 0 Å². The summed E-state index contributed by atoms with van der Waals surface area (Å²) in [4.78, 5) is 11.4. The summed E-state index contributed by atoms with van der Waals surface area (Å²) in [5.41, 5.74) is 7.84. The first-order valence-corrected chi connectivity index (χ1v) is 6.03. The van der Waals surface area contributed by atoms with Gasteiger partial charge in [0, 0.05) is 31.5 Å². The van der Waals surface area contributed by atoms with Crippen LogP contribution in [0.4, 0.5) is 11.4 Å². The Morgan fingerprint density at radius 2 is 2.32 bits per heavy atom. The normalized spacial score (nSPS) is 10.2. The lowest BCUT2D eigenvalue weighted by molar-refractivity contribution is 0.0963. The minimum absolute atomic E-state index is 0.144. The number of hydrogen-bond donors (Lipinski definition) is 3. The number of aromatic nitrogens is 2. The predicted molar refractivity (Wildman–Crippen MR) is 75.0 cm³/mol. The highest BCUT2D eigenvalue weighted by atomic mass is 16.1. The molecule has 6 heteroatoms. The van der Waals surface area contributed by atoms with Crippen LogP contribution in [0.15, 0.2) is 36.7 Å². The monoisotopic (exact) mass is 259 g/mol. The minimum Gasteiger partial charge on any atom is -0.397 e. The lowest BCUT2D eigenvalue weighted by atomic mass is 10.1. The molecular weight excluding hydrogens is 242 g/mol. The molecule has 1 amide bonds. The fraction of sp³-hybridized carbons (Fsp3) is 0.231. The molecule has 1 aromatic heterocycles. The van der Waals surface area contributed by atoms with Crippen molar-refractivity contribution in [3.8, 4) is 0 Å². The summed E-state index contributed by atoms with van der Waals surface area (Å²) in [6, 6.07) is 7.09. The van der Waals surface area contributed by atoms with Crippen molar-refractivity contribution in [2.45, 2.75) is 6.54 Å². The van der Waals surface area contributed by atoms with Gasteiger partial charge in [0.05, 0.1) is 17.9 Å². The summed E-state index contributed by atoms with van der Waals surface area (Å²) in [6.07, 6.45) is 3.65. The van der Waals surface area contributed by atoms with Crippen molar-refractivity contribution in [1.29, 1.82) is 0 Å². The number of benzene rings is 1. The van der Waals surface area contributed by atoms with Crippen LogP contribution in [0.5, 0.6) is 0 Å². The first-order valence-electron chi connectivity index (χ1n) is 6.03. The van der Waals surface area contributed by atoms with Crippen molar-refractivity contribution < 1.29 is 4.79 Å². The number of nitrogen functional groups attached to an aromatic ring is 1. The molecule has 0 radical (unpaired) electrons. The second-order valence-electron chi connectivity index (χ2n) is 4.08. The van der Waals surface area contributed by atoms with Gasteiger partial charge in [-0.1, -0.05) is 0 Å². The zero-order valence-corrected chi connectivity index (χ0v) is 10.8. The highest BCUT2D eigenvalue weighted by Gasteiger charge is 2.06. The van der Waals surface area contributed by atoms with Gasteiger partial charge in [-0.2, -0.15) is 5.10 Å². The van der Waals surface area contributed by atoms with Gasteiger partial charge in [-0.25, -0.2) is 0 Å². The highest BCUT2D eigenvalue weighted by molar-refractivity contribution is 5.95. The van der Waals surface area contributed by atoms with Crippen molar-refractivity contribution in [3.63, 3.8) is 0 Å². The van der Waals surface area contributed by atoms with E-state index in [-0.39, 0.29) is 5.91 Å². The lowest BCUT2D eigenvalue weighted by Crippen LogP contribution is -2.18. The van der Waals surface area contributed by atoms with E-state index in [9.17, 15) is 4.79 Å². The highest BCUT2D eigenvalue weighted by Crippen LogP contribution is 2.19. The van der Waals surface area contributed by atoms with E-state index in [0.29, 0.717) is 17.8 Å². The van der Waals surface area contributed by atoms with E-state index in [1.165, 1.54) is 0 Å². The van der Waals surface area contributed by atoms with E-state index < -0.39 is 0 Å². The first-order chi connectivity index (χ1) is 9.20. The van der Waals surface area contributed by atoms with Gasteiger partial charge in [-0.3, -0.25) is 9.48 Å². The number of rotatable bonds is 5. The van der Waals surface area contributed by atoms with Gasteiger partial charge >= 0.3 is 0 Å². The number of anilines is 2. The number of carbonyl (C=O) groups is 1. The fourth-order valence-corrected chi connectivity index (χ4v) is 1.75. The van der Waals surface area contributed by atoms with Crippen molar-refractivity contribution in [3.05, 3.63) is 42.2 Å². The lowest BCUT2D eigenvalue weighted by Gasteiger charge is -2.10. The number of nitrogens with zero attached hydrogens (tertiary/aromatic N) is 2. The summed E-state index contributed by atoms with van der Waals surface area (Å²) < 4.78 is 1.84. The van der Waals surface area contributed by atoms with Gasteiger partial charge in [0.25, 0.3) is 5.91 Å². The number of carbonyl (C=O) groups excluding carboxylic acids is 1. The third-order valence-electron chi connectivity index (χ3n) is 2.76. The van der Waals surface area contributed by atoms with Gasteiger partial charge in [-0.15, -0.1) is 0 Å². The van der Waals surface area contributed by atoms with Gasteiger partial charge in [0.1, 0.15) is 0 Å². The van der Waals surface area contributed by atoms with E-state index in [2.05, 4.69) is 15.7 Å².